The van der Waals surface area contributed by atoms with E-state index in [-0.39, 0.29) is 28.4 Å². The van der Waals surface area contributed by atoms with Gasteiger partial charge in [-0.05, 0) is 45.0 Å². The Morgan fingerprint density at radius 2 is 1.97 bits per heavy atom. The minimum absolute atomic E-state index is 0.0768. The van der Waals surface area contributed by atoms with E-state index in [9.17, 15) is 18.0 Å². The van der Waals surface area contributed by atoms with Crippen LogP contribution in [0.5, 0.6) is 11.5 Å². The van der Waals surface area contributed by atoms with E-state index < -0.39 is 35.2 Å². The Hall–Kier alpha value is -2.92. The third-order valence-corrected chi connectivity index (χ3v) is 3.70. The lowest BCUT2D eigenvalue weighted by Crippen LogP contribution is -2.32. The zero-order chi connectivity index (χ0) is 21.8. The van der Waals surface area contributed by atoms with Crippen LogP contribution in [-0.4, -0.2) is 11.7 Å². The number of halogens is 4. The van der Waals surface area contributed by atoms with Crippen molar-refractivity contribution in [2.45, 2.75) is 39.3 Å². The quantitative estimate of drug-likeness (QED) is 0.626. The van der Waals surface area contributed by atoms with Gasteiger partial charge < -0.3 is 14.8 Å². The van der Waals surface area contributed by atoms with Gasteiger partial charge in [0.1, 0.15) is 11.4 Å². The molecule has 0 saturated carbocycles. The van der Waals surface area contributed by atoms with Crippen molar-refractivity contribution in [1.82, 2.24) is 5.32 Å². The summed E-state index contributed by atoms with van der Waals surface area (Å²) in [4.78, 5) is 11.8. The lowest BCUT2D eigenvalue weighted by Gasteiger charge is -2.20. The molecule has 5 nitrogen and oxygen atoms in total. The fourth-order valence-corrected chi connectivity index (χ4v) is 2.53. The fourth-order valence-electron chi connectivity index (χ4n) is 2.31. The number of amides is 1. The summed E-state index contributed by atoms with van der Waals surface area (Å²) >= 11 is 5.87. The Bertz CT molecular complexity index is 953. The van der Waals surface area contributed by atoms with Crippen LogP contribution in [0, 0.1) is 17.1 Å². The van der Waals surface area contributed by atoms with Crippen molar-refractivity contribution in [3.05, 3.63) is 57.9 Å². The first-order valence-electron chi connectivity index (χ1n) is 8.45. The molecule has 0 heterocycles. The molecule has 0 saturated heterocycles. The monoisotopic (exact) mass is 426 g/mol. The Labute approximate surface area is 171 Å². The lowest BCUT2D eigenvalue weighted by atomic mass is 10.1. The van der Waals surface area contributed by atoms with E-state index in [4.69, 9.17) is 26.3 Å². The van der Waals surface area contributed by atoms with E-state index in [1.165, 1.54) is 18.2 Å². The van der Waals surface area contributed by atoms with Gasteiger partial charge in [-0.15, -0.1) is 0 Å². The van der Waals surface area contributed by atoms with Crippen molar-refractivity contribution in [2.24, 2.45) is 0 Å². The van der Waals surface area contributed by atoms with Gasteiger partial charge in [0.2, 0.25) is 0 Å². The number of alkyl halides is 2. The van der Waals surface area contributed by atoms with Crippen LogP contribution in [0.3, 0.4) is 0 Å². The lowest BCUT2D eigenvalue weighted by molar-refractivity contribution is 0.0523. The summed E-state index contributed by atoms with van der Waals surface area (Å²) in [6.07, 6.45) is -3.80. The van der Waals surface area contributed by atoms with Gasteiger partial charge in [-0.25, -0.2) is 18.0 Å². The average Bonchev–Trinajstić information content (AvgIpc) is 2.60. The van der Waals surface area contributed by atoms with Gasteiger partial charge in [0.15, 0.2) is 11.6 Å². The zero-order valence-electron chi connectivity index (χ0n) is 15.9. The second kappa shape index (κ2) is 9.05. The van der Waals surface area contributed by atoms with Gasteiger partial charge in [-0.3, -0.25) is 0 Å². The number of rotatable bonds is 5. The summed E-state index contributed by atoms with van der Waals surface area (Å²) in [6.45, 7) is 4.69. The van der Waals surface area contributed by atoms with Crippen molar-refractivity contribution in [2.75, 3.05) is 0 Å². The number of alkyl carbamates (subject to hydrolysis) is 1. The maximum atomic E-state index is 14.9. The number of nitrogens with one attached hydrogen (secondary N) is 1. The van der Waals surface area contributed by atoms with Gasteiger partial charge >= 0.3 is 6.09 Å². The third-order valence-electron chi connectivity index (χ3n) is 3.49. The molecule has 1 amide bonds. The molecule has 2 aromatic rings. The molecule has 0 atom stereocenters. The molecule has 2 rings (SSSR count). The van der Waals surface area contributed by atoms with Crippen LogP contribution in [0.25, 0.3) is 0 Å². The predicted octanol–water partition coefficient (Wildman–Crippen LogP) is 6.11. The number of carbonyl (C=O) groups is 1. The van der Waals surface area contributed by atoms with Gasteiger partial charge in [-0.2, -0.15) is 5.26 Å². The van der Waals surface area contributed by atoms with Crippen LogP contribution in [-0.2, 0) is 11.3 Å². The summed E-state index contributed by atoms with van der Waals surface area (Å²) in [5, 5.41) is 11.5. The fraction of sp³-hybridized carbons (Fsp3) is 0.300. The molecule has 0 aromatic heterocycles. The van der Waals surface area contributed by atoms with Crippen molar-refractivity contribution >= 4 is 17.7 Å². The van der Waals surface area contributed by atoms with E-state index >= 15 is 0 Å². The van der Waals surface area contributed by atoms with Crippen molar-refractivity contribution in [1.29, 1.82) is 5.26 Å². The molecule has 0 fully saturated rings. The predicted molar refractivity (Wildman–Crippen MR) is 101 cm³/mol. The van der Waals surface area contributed by atoms with Crippen LogP contribution >= 0.6 is 11.6 Å². The summed E-state index contributed by atoms with van der Waals surface area (Å²) in [5.41, 5.74) is -1.39. The molecular weight excluding hydrogens is 409 g/mol. The summed E-state index contributed by atoms with van der Waals surface area (Å²) in [6, 6.07) is 7.83. The van der Waals surface area contributed by atoms with E-state index in [0.29, 0.717) is 0 Å². The SMILES string of the molecule is CC(C)(C)OC(=O)NCc1ccc(C(F)F)c(Oc2cc(Cl)cc(C#N)c2)c1F. The highest BCUT2D eigenvalue weighted by Crippen LogP contribution is 2.37. The highest BCUT2D eigenvalue weighted by molar-refractivity contribution is 6.30. The summed E-state index contributed by atoms with van der Waals surface area (Å²) in [7, 11) is 0. The summed E-state index contributed by atoms with van der Waals surface area (Å²) < 4.78 is 52.0. The Kier molecular flexibility index (Phi) is 6.98. The minimum atomic E-state index is -3.01. The van der Waals surface area contributed by atoms with Crippen LogP contribution in [0.15, 0.2) is 30.3 Å². The maximum Gasteiger partial charge on any atom is 0.407 e. The largest absolute Gasteiger partial charge is 0.454 e. The second-order valence-corrected chi connectivity index (χ2v) is 7.44. The molecule has 1 N–H and O–H groups in total. The molecule has 0 aliphatic heterocycles. The Morgan fingerprint density at radius 3 is 2.55 bits per heavy atom. The van der Waals surface area contributed by atoms with E-state index in [1.54, 1.807) is 20.8 Å². The first kappa shape index (κ1) is 22.4. The van der Waals surface area contributed by atoms with Crippen LogP contribution in [0.4, 0.5) is 18.0 Å². The van der Waals surface area contributed by atoms with Crippen LogP contribution in [0.2, 0.25) is 5.02 Å². The number of hydrogen-bond donors (Lipinski definition) is 1. The minimum Gasteiger partial charge on any atom is -0.454 e. The van der Waals surface area contributed by atoms with E-state index in [2.05, 4.69) is 5.32 Å². The van der Waals surface area contributed by atoms with Gasteiger partial charge in [0.05, 0.1) is 17.2 Å². The van der Waals surface area contributed by atoms with Crippen molar-refractivity contribution < 1.29 is 27.4 Å². The van der Waals surface area contributed by atoms with E-state index in [1.807, 2.05) is 6.07 Å². The number of carbonyl (C=O) groups excluding carboxylic acids is 1. The standard InChI is InChI=1S/C20H18ClF3N2O3/c1-20(2,3)29-19(27)26-10-12-4-5-15(18(23)24)17(16(12)22)28-14-7-11(9-25)6-13(21)8-14/h4-8,18H,10H2,1-3H3,(H,26,27). The third kappa shape index (κ3) is 6.29. The normalized spacial score (nSPS) is 11.1. The first-order valence-corrected chi connectivity index (χ1v) is 8.83. The zero-order valence-corrected chi connectivity index (χ0v) is 16.6. The molecule has 9 heteroatoms. The molecule has 29 heavy (non-hydrogen) atoms. The van der Waals surface area contributed by atoms with Gasteiger partial charge in [0.25, 0.3) is 6.43 Å². The van der Waals surface area contributed by atoms with Gasteiger partial charge in [-0.1, -0.05) is 17.7 Å². The smallest absolute Gasteiger partial charge is 0.407 e. The molecule has 0 spiro atoms. The van der Waals surface area contributed by atoms with Crippen molar-refractivity contribution in [3.8, 4) is 17.6 Å². The number of ether oxygens (including phenoxy) is 2. The van der Waals surface area contributed by atoms with Gasteiger partial charge in [0, 0.05) is 17.1 Å². The van der Waals surface area contributed by atoms with Crippen LogP contribution in [0.1, 0.15) is 43.9 Å². The topological polar surface area (TPSA) is 71.3 Å². The number of nitriles is 1. The molecule has 0 aliphatic rings. The Balaban J connectivity index is 2.33. The highest BCUT2D eigenvalue weighted by atomic mass is 35.5. The molecule has 0 unspecified atom stereocenters. The second-order valence-electron chi connectivity index (χ2n) is 7.00. The molecule has 0 radical (unpaired) electrons. The number of benzene rings is 2. The molecule has 0 aliphatic carbocycles. The molecular formula is C20H18ClF3N2O3. The Morgan fingerprint density at radius 1 is 1.28 bits per heavy atom. The molecule has 2 aromatic carbocycles. The summed E-state index contributed by atoms with van der Waals surface area (Å²) in [5.74, 6) is -1.86. The van der Waals surface area contributed by atoms with Crippen molar-refractivity contribution in [3.63, 3.8) is 0 Å². The van der Waals surface area contributed by atoms with E-state index in [0.717, 1.165) is 12.1 Å². The number of nitrogens with zero attached hydrogens (tertiary/aromatic N) is 1. The first-order chi connectivity index (χ1) is 13.5. The van der Waals surface area contributed by atoms with Crippen LogP contribution < -0.4 is 10.1 Å². The number of hydrogen-bond acceptors (Lipinski definition) is 4. The maximum absolute atomic E-state index is 14.9. The highest BCUT2D eigenvalue weighted by Gasteiger charge is 2.23. The molecule has 0 bridgehead atoms. The molecule has 154 valence electrons. The average molecular weight is 427 g/mol.